The van der Waals surface area contributed by atoms with Gasteiger partial charge in [-0.25, -0.2) is 26.3 Å². The van der Waals surface area contributed by atoms with E-state index in [1.807, 2.05) is 74.5 Å². The number of carbonyl (C=O) groups excluding carboxylic acids is 1. The van der Waals surface area contributed by atoms with Crippen LogP contribution in [0.2, 0.25) is 0 Å². The Labute approximate surface area is 438 Å². The molecule has 0 aliphatic carbocycles. The maximum absolute atomic E-state index is 14.3. The number of fused-ring (bicyclic) bond motifs is 6. The van der Waals surface area contributed by atoms with Gasteiger partial charge in [-0.2, -0.15) is 29.8 Å². The molecule has 24 heteroatoms. The fourth-order valence-corrected chi connectivity index (χ4v) is 13.9. The van der Waals surface area contributed by atoms with Crippen LogP contribution in [-0.4, -0.2) is 109 Å². The van der Waals surface area contributed by atoms with E-state index in [0.717, 1.165) is 23.0 Å². The lowest BCUT2D eigenvalue weighted by Gasteiger charge is -2.26. The number of nitrogens with two attached hydrogens (primary N) is 1. The second-order valence-electron chi connectivity index (χ2n) is 19.5. The first kappa shape index (κ1) is 57.0. The van der Waals surface area contributed by atoms with Gasteiger partial charge >= 0.3 is 0 Å². The molecule has 0 saturated carbocycles. The molecule has 0 saturated heterocycles. The Morgan fingerprint density at radius 2 is 1.40 bits per heavy atom. The van der Waals surface area contributed by atoms with E-state index in [-0.39, 0.29) is 65.4 Å². The minimum absolute atomic E-state index is 0.0187. The fraction of sp³-hybridized carbons (Fsp3) is 0.333. The summed E-state index contributed by atoms with van der Waals surface area (Å²) in [6, 6.07) is 19.4. The average molecular weight is 1130 g/mol. The topological polar surface area (TPSA) is 296 Å². The van der Waals surface area contributed by atoms with Crippen molar-refractivity contribution in [3.05, 3.63) is 132 Å². The van der Waals surface area contributed by atoms with E-state index >= 15 is 0 Å². The van der Waals surface area contributed by atoms with Gasteiger partial charge in [0.1, 0.15) is 11.4 Å². The van der Waals surface area contributed by atoms with Gasteiger partial charge in [0.2, 0.25) is 31.6 Å². The van der Waals surface area contributed by atoms with E-state index in [0.29, 0.717) is 46.2 Å². The van der Waals surface area contributed by atoms with Gasteiger partial charge < -0.3 is 10.2 Å². The zero-order valence-electron chi connectivity index (χ0n) is 42.0. The first-order valence-electron chi connectivity index (χ1n) is 23.7. The number of anilines is 1. The van der Waals surface area contributed by atoms with Crippen LogP contribution in [-0.2, 0) is 72.6 Å². The number of allylic oxidation sites excluding steroid dienone is 6. The molecule has 0 spiro atoms. The van der Waals surface area contributed by atoms with Crippen molar-refractivity contribution < 1.29 is 65.1 Å². The molecule has 402 valence electrons. The SMILES string of the molecule is CCCN1/C(=C/C=C/C=C/C2=[N+](CCCS(=O)(=O)O)c3ccc4c(S(=O)(=O)N(C)CCCC(=O)NCc5ccc(S(N)(=O)=O)cc5)cccc4c3C2(C)C)C(C)(C)c2c1ccc1c(S(=O)(=O)O)cc(S(=O)(=O)O)cc21. The first-order chi connectivity index (χ1) is 34.8. The summed E-state index contributed by atoms with van der Waals surface area (Å²) in [6.45, 7) is 10.6. The number of benzene rings is 5. The summed E-state index contributed by atoms with van der Waals surface area (Å²) in [5.41, 5.74) is 3.29. The second kappa shape index (κ2) is 21.0. The first-order valence-corrected chi connectivity index (χ1v) is 31.2. The number of hydrogen-bond donors (Lipinski definition) is 5. The molecule has 2 aliphatic rings. The molecule has 0 bridgehead atoms. The summed E-state index contributed by atoms with van der Waals surface area (Å²) in [5.74, 6) is -0.825. The number of hydrogen-bond acceptors (Lipinski definition) is 12. The highest BCUT2D eigenvalue weighted by Crippen LogP contribution is 2.52. The predicted molar refractivity (Wildman–Crippen MR) is 287 cm³/mol. The molecule has 0 radical (unpaired) electrons. The number of rotatable bonds is 20. The van der Waals surface area contributed by atoms with Crippen LogP contribution in [0.15, 0.2) is 135 Å². The molecule has 0 atom stereocenters. The quantitative estimate of drug-likeness (QED) is 0.0307. The van der Waals surface area contributed by atoms with Crippen molar-refractivity contribution >= 4 is 94.9 Å². The van der Waals surface area contributed by atoms with Gasteiger partial charge in [0.15, 0.2) is 5.71 Å². The molecule has 19 nitrogen and oxygen atoms in total. The molecule has 6 N–H and O–H groups in total. The van der Waals surface area contributed by atoms with Crippen molar-refractivity contribution in [2.45, 2.75) is 97.3 Å². The number of amides is 1. The average Bonchev–Trinajstić information content (AvgIpc) is 3.66. The number of nitrogens with zero attached hydrogens (tertiary/aromatic N) is 3. The van der Waals surface area contributed by atoms with E-state index in [9.17, 15) is 60.5 Å². The second-order valence-corrected chi connectivity index (χ2v) is 27.5. The van der Waals surface area contributed by atoms with Crippen molar-refractivity contribution in [2.75, 3.05) is 37.3 Å². The number of sulfonamides is 2. The maximum atomic E-state index is 14.3. The maximum Gasteiger partial charge on any atom is 0.295 e. The molecule has 0 unspecified atom stereocenters. The third kappa shape index (κ3) is 11.8. The van der Waals surface area contributed by atoms with Crippen LogP contribution in [0.1, 0.15) is 77.0 Å². The van der Waals surface area contributed by atoms with Gasteiger partial charge in [-0.3, -0.25) is 18.5 Å². The van der Waals surface area contributed by atoms with E-state index in [1.165, 1.54) is 53.8 Å². The largest absolute Gasteiger partial charge is 0.352 e. The smallest absolute Gasteiger partial charge is 0.295 e. The Balaban J connectivity index is 1.16. The zero-order chi connectivity index (χ0) is 55.3. The lowest BCUT2D eigenvalue weighted by Crippen LogP contribution is -2.30. The molecule has 0 fully saturated rings. The van der Waals surface area contributed by atoms with Crippen LogP contribution in [0.25, 0.3) is 21.5 Å². The van der Waals surface area contributed by atoms with Gasteiger partial charge in [-0.15, -0.1) is 0 Å². The molecule has 7 rings (SSSR count). The van der Waals surface area contributed by atoms with Crippen molar-refractivity contribution in [3.63, 3.8) is 0 Å². The van der Waals surface area contributed by atoms with Crippen LogP contribution in [0.4, 0.5) is 11.4 Å². The van der Waals surface area contributed by atoms with Gasteiger partial charge in [0.05, 0.1) is 25.9 Å². The highest BCUT2D eigenvalue weighted by atomic mass is 32.2. The van der Waals surface area contributed by atoms with E-state index in [4.69, 9.17) is 5.14 Å². The van der Waals surface area contributed by atoms with Gasteiger partial charge in [0, 0.05) is 84.8 Å². The Kier molecular flexibility index (Phi) is 16.0. The minimum atomic E-state index is -4.93. The highest BCUT2D eigenvalue weighted by Gasteiger charge is 2.46. The van der Waals surface area contributed by atoms with Crippen LogP contribution in [0.5, 0.6) is 0 Å². The Morgan fingerprint density at radius 3 is 2.03 bits per heavy atom. The third-order valence-corrected chi connectivity index (χ3v) is 19.0. The summed E-state index contributed by atoms with van der Waals surface area (Å²) >= 11 is 0. The van der Waals surface area contributed by atoms with Crippen LogP contribution < -0.4 is 15.4 Å². The van der Waals surface area contributed by atoms with Crippen molar-refractivity contribution in [1.82, 2.24) is 9.62 Å². The van der Waals surface area contributed by atoms with Crippen LogP contribution in [0, 0.1) is 0 Å². The van der Waals surface area contributed by atoms with Crippen molar-refractivity contribution in [1.29, 1.82) is 0 Å². The summed E-state index contributed by atoms with van der Waals surface area (Å²) in [5, 5.41) is 9.30. The summed E-state index contributed by atoms with van der Waals surface area (Å²) < 4.78 is 158. The molecule has 2 aliphatic heterocycles. The summed E-state index contributed by atoms with van der Waals surface area (Å²) in [7, 11) is -20.7. The van der Waals surface area contributed by atoms with E-state index in [2.05, 4.69) is 5.32 Å². The standard InChI is InChI=1S/C51H59N5O14S5/c1-7-27-55-42-26-24-38-40(31-36(74(65,66)67)32-44(38)75(68,69)70)49(42)51(4,5)45(55)16-9-8-10-17-46-50(2,3)48-39-14-11-15-43(37(39)23-25-41(48)56(46)29-13-30-71(58,59)60)73(63,64)54(6)28-12-18-47(57)53-33-34-19-21-35(22-20-34)72(52,61)62/h8-11,14-17,19-26,31-32H,7,12-13,18,27-30,33H2,1-6H3,(H5-,52,53,57,58,59,60,61,62,65,66,67,68,69,70)/p+1. The fourth-order valence-electron chi connectivity index (χ4n) is 10.1. The Hall–Kier alpha value is -5.67. The number of carbonyl (C=O) groups is 1. The molecular weight excluding hydrogens is 1070 g/mol. The molecule has 75 heavy (non-hydrogen) atoms. The Bertz CT molecular complexity index is 3850. The molecule has 0 aromatic heterocycles. The minimum Gasteiger partial charge on any atom is -0.352 e. The highest BCUT2D eigenvalue weighted by molar-refractivity contribution is 7.89. The monoisotopic (exact) mass is 1130 g/mol. The normalized spacial score (nSPS) is 16.6. The molecule has 5 aromatic carbocycles. The van der Waals surface area contributed by atoms with Gasteiger partial charge in [0.25, 0.3) is 30.4 Å². The predicted octanol–water partition coefficient (Wildman–Crippen LogP) is 6.71. The zero-order valence-corrected chi connectivity index (χ0v) is 46.1. The van der Waals surface area contributed by atoms with Gasteiger partial charge in [-0.05, 0) is 97.1 Å². The van der Waals surface area contributed by atoms with Crippen LogP contribution >= 0.6 is 0 Å². The van der Waals surface area contributed by atoms with Crippen molar-refractivity contribution in [3.8, 4) is 0 Å². The van der Waals surface area contributed by atoms with Crippen LogP contribution in [0.3, 0.4) is 0 Å². The summed E-state index contributed by atoms with van der Waals surface area (Å²) in [4.78, 5) is 13.4. The molecule has 2 heterocycles. The number of nitrogens with one attached hydrogen (secondary N) is 1. The van der Waals surface area contributed by atoms with E-state index in [1.54, 1.807) is 30.3 Å². The third-order valence-electron chi connectivity index (χ3n) is 13.6. The lowest BCUT2D eigenvalue weighted by molar-refractivity contribution is -0.437. The van der Waals surface area contributed by atoms with E-state index < -0.39 is 76.8 Å². The molecular formula is C51H60N5O14S5+. The number of primary sulfonamides is 1. The van der Waals surface area contributed by atoms with Gasteiger partial charge in [-0.1, -0.05) is 69.3 Å². The Morgan fingerprint density at radius 1 is 0.733 bits per heavy atom. The summed E-state index contributed by atoms with van der Waals surface area (Å²) in [6.07, 6.45) is 10.2. The molecule has 5 aromatic rings. The lowest BCUT2D eigenvalue weighted by atomic mass is 9.79. The molecule has 1 amide bonds. The van der Waals surface area contributed by atoms with Crippen molar-refractivity contribution in [2.24, 2.45) is 5.14 Å².